The molecule has 11 heteroatoms. The average Bonchev–Trinajstić information content (AvgIpc) is 3.10. The maximum Gasteiger partial charge on any atom is 0.323 e. The van der Waals surface area contributed by atoms with Crippen LogP contribution in [0.5, 0.6) is 17.8 Å². The molecule has 3 atom stereocenters. The van der Waals surface area contributed by atoms with E-state index in [0.29, 0.717) is 57.8 Å². The maximum absolute atomic E-state index is 13.6. The lowest BCUT2D eigenvalue weighted by Crippen LogP contribution is -2.68. The van der Waals surface area contributed by atoms with E-state index in [-0.39, 0.29) is 36.0 Å². The highest BCUT2D eigenvalue weighted by Gasteiger charge is 2.44. The van der Waals surface area contributed by atoms with Crippen LogP contribution in [-0.2, 0) is 20.8 Å². The first-order chi connectivity index (χ1) is 22.9. The molecule has 11 nitrogen and oxygen atoms in total. The van der Waals surface area contributed by atoms with Crippen LogP contribution >= 0.6 is 0 Å². The quantitative estimate of drug-likeness (QED) is 0.308. The summed E-state index contributed by atoms with van der Waals surface area (Å²) in [5.41, 5.74) is 3.31. The fourth-order valence-corrected chi connectivity index (χ4v) is 7.10. The van der Waals surface area contributed by atoms with Crippen LogP contribution in [0.3, 0.4) is 0 Å². The third-order valence-electron chi connectivity index (χ3n) is 9.08. The van der Waals surface area contributed by atoms with Crippen LogP contribution in [0.25, 0.3) is 0 Å². The van der Waals surface area contributed by atoms with Crippen molar-refractivity contribution in [3.63, 3.8) is 0 Å². The number of piperazine rings is 2. The van der Waals surface area contributed by atoms with Crippen LogP contribution in [0.4, 0.5) is 0 Å². The molecule has 0 aliphatic carbocycles. The van der Waals surface area contributed by atoms with Crippen LogP contribution < -0.4 is 14.2 Å². The summed E-state index contributed by atoms with van der Waals surface area (Å²) < 4.78 is 29.1. The number of amides is 1. The highest BCUT2D eigenvalue weighted by molar-refractivity contribution is 5.81. The largest absolute Gasteiger partial charge is 0.481 e. The van der Waals surface area contributed by atoms with E-state index < -0.39 is 6.10 Å². The Hall–Kier alpha value is -3.77. The lowest BCUT2D eigenvalue weighted by molar-refractivity contribution is -0.162. The normalized spacial score (nSPS) is 22.3. The Balaban J connectivity index is 1.36. The van der Waals surface area contributed by atoms with Gasteiger partial charge in [-0.1, -0.05) is 60.7 Å². The number of carbonyl (C=O) groups excluding carboxylic acids is 1. The second-order valence-corrected chi connectivity index (χ2v) is 12.6. The number of aromatic nitrogens is 2. The van der Waals surface area contributed by atoms with E-state index in [2.05, 4.69) is 80.4 Å². The number of ether oxygens (including phenoxy) is 5. The number of carbonyl (C=O) groups is 1. The Kier molecular flexibility index (Phi) is 10.9. The minimum absolute atomic E-state index is 0.00916. The van der Waals surface area contributed by atoms with Crippen molar-refractivity contribution in [2.45, 2.75) is 57.5 Å². The number of benzene rings is 2. The number of hydrogen-bond acceptors (Lipinski definition) is 10. The summed E-state index contributed by atoms with van der Waals surface area (Å²) in [6, 6.07) is 22.0. The van der Waals surface area contributed by atoms with Crippen molar-refractivity contribution in [2.24, 2.45) is 0 Å². The summed E-state index contributed by atoms with van der Waals surface area (Å²) in [7, 11) is 1.62. The molecule has 252 valence electrons. The lowest BCUT2D eigenvalue weighted by Gasteiger charge is -2.53. The van der Waals surface area contributed by atoms with Crippen LogP contribution in [0.15, 0.2) is 60.7 Å². The molecule has 1 aromatic heterocycles. The molecule has 6 rings (SSSR count). The molecule has 4 heterocycles. The summed E-state index contributed by atoms with van der Waals surface area (Å²) >= 11 is 0. The third-order valence-corrected chi connectivity index (χ3v) is 9.08. The van der Waals surface area contributed by atoms with Crippen molar-refractivity contribution >= 4 is 5.91 Å². The predicted octanol–water partition coefficient (Wildman–Crippen LogP) is 3.62. The molecule has 0 N–H and O–H groups in total. The van der Waals surface area contributed by atoms with Crippen molar-refractivity contribution < 1.29 is 28.5 Å². The molecular formula is C36H47N5O6. The highest BCUT2D eigenvalue weighted by Crippen LogP contribution is 2.38. The van der Waals surface area contributed by atoms with Crippen LogP contribution in [-0.4, -0.2) is 121 Å². The van der Waals surface area contributed by atoms with E-state index in [4.69, 9.17) is 23.7 Å². The van der Waals surface area contributed by atoms with Gasteiger partial charge in [-0.05, 0) is 31.9 Å². The topological polar surface area (TPSA) is 98.7 Å². The van der Waals surface area contributed by atoms with Gasteiger partial charge in [0.05, 0.1) is 45.2 Å². The van der Waals surface area contributed by atoms with Gasteiger partial charge in [-0.25, -0.2) is 0 Å². The molecule has 0 bridgehead atoms. The SMILES string of the molecule is CCOc1nc(OC)c(CN2C[C@@H]3CN(C(=O)C4COCCO4)CCN3[C@H](C(c3ccccc3)c3ccccc3)C2)c(OC(C)C)n1. The Morgan fingerprint density at radius 2 is 1.64 bits per heavy atom. The van der Waals surface area contributed by atoms with E-state index in [9.17, 15) is 4.79 Å². The number of nitrogens with zero attached hydrogens (tertiary/aromatic N) is 5. The summed E-state index contributed by atoms with van der Waals surface area (Å²) in [6.45, 7) is 11.6. The number of rotatable bonds is 11. The van der Waals surface area contributed by atoms with Crippen LogP contribution in [0, 0.1) is 0 Å². The number of methoxy groups -OCH3 is 1. The first kappa shape index (κ1) is 33.1. The fraction of sp³-hybridized carbons (Fsp3) is 0.528. The molecule has 0 saturated carbocycles. The number of fused-ring (bicyclic) bond motifs is 1. The van der Waals surface area contributed by atoms with Crippen molar-refractivity contribution in [1.29, 1.82) is 0 Å². The molecule has 2 aromatic carbocycles. The summed E-state index contributed by atoms with van der Waals surface area (Å²) in [5, 5.41) is 0. The smallest absolute Gasteiger partial charge is 0.323 e. The fourth-order valence-electron chi connectivity index (χ4n) is 7.10. The van der Waals surface area contributed by atoms with Crippen molar-refractivity contribution in [1.82, 2.24) is 24.7 Å². The molecule has 0 radical (unpaired) electrons. The van der Waals surface area contributed by atoms with Crippen molar-refractivity contribution in [2.75, 3.05) is 66.3 Å². The zero-order valence-electron chi connectivity index (χ0n) is 27.9. The molecular weight excluding hydrogens is 598 g/mol. The maximum atomic E-state index is 13.6. The Morgan fingerprint density at radius 1 is 0.936 bits per heavy atom. The highest BCUT2D eigenvalue weighted by atomic mass is 16.6. The van der Waals surface area contributed by atoms with Gasteiger partial charge in [0.25, 0.3) is 5.91 Å². The number of hydrogen-bond donors (Lipinski definition) is 0. The van der Waals surface area contributed by atoms with Gasteiger partial charge in [0.1, 0.15) is 0 Å². The molecule has 3 saturated heterocycles. The van der Waals surface area contributed by atoms with Gasteiger partial charge in [-0.15, -0.1) is 0 Å². The van der Waals surface area contributed by atoms with Gasteiger partial charge in [0.15, 0.2) is 6.10 Å². The standard InChI is InChI=1S/C36H47N5O6/c1-5-45-36-37-33(43-4)29(34(38-36)47-25(2)3)22-39-20-28-21-40(35(42)31-24-44-18-19-46-31)16-17-41(28)30(23-39)32(26-12-8-6-9-13-26)27-14-10-7-11-15-27/h6-15,25,28,30-32H,5,16-24H2,1-4H3/t28-,30+,31?/m1/s1. The van der Waals surface area contributed by atoms with E-state index in [1.54, 1.807) is 7.11 Å². The molecule has 3 aliphatic rings. The molecule has 3 aliphatic heterocycles. The van der Waals surface area contributed by atoms with Gasteiger partial charge >= 0.3 is 6.01 Å². The Labute approximate surface area is 277 Å². The second-order valence-electron chi connectivity index (χ2n) is 12.6. The van der Waals surface area contributed by atoms with Gasteiger partial charge in [-0.3, -0.25) is 14.6 Å². The summed E-state index contributed by atoms with van der Waals surface area (Å²) in [5.74, 6) is 1.03. The van der Waals surface area contributed by atoms with Crippen molar-refractivity contribution in [3.05, 3.63) is 77.4 Å². The molecule has 1 unspecified atom stereocenters. The summed E-state index contributed by atoms with van der Waals surface area (Å²) in [6.07, 6.45) is -0.648. The Morgan fingerprint density at radius 3 is 2.26 bits per heavy atom. The third kappa shape index (κ3) is 7.70. The lowest BCUT2D eigenvalue weighted by atomic mass is 9.81. The van der Waals surface area contributed by atoms with Gasteiger partial charge in [0, 0.05) is 57.3 Å². The molecule has 3 fully saturated rings. The minimum Gasteiger partial charge on any atom is -0.481 e. The second kappa shape index (κ2) is 15.4. The van der Waals surface area contributed by atoms with E-state index in [1.807, 2.05) is 25.7 Å². The molecule has 47 heavy (non-hydrogen) atoms. The zero-order valence-corrected chi connectivity index (χ0v) is 27.9. The van der Waals surface area contributed by atoms with Crippen molar-refractivity contribution in [3.8, 4) is 17.8 Å². The first-order valence-corrected chi connectivity index (χ1v) is 16.8. The molecule has 0 spiro atoms. The van der Waals surface area contributed by atoms with Gasteiger partial charge < -0.3 is 28.6 Å². The van der Waals surface area contributed by atoms with Crippen LogP contribution in [0.2, 0.25) is 0 Å². The van der Waals surface area contributed by atoms with Crippen LogP contribution in [0.1, 0.15) is 43.4 Å². The zero-order chi connectivity index (χ0) is 32.8. The van der Waals surface area contributed by atoms with Gasteiger partial charge in [0.2, 0.25) is 11.8 Å². The first-order valence-electron chi connectivity index (χ1n) is 16.8. The van der Waals surface area contributed by atoms with Gasteiger partial charge in [-0.2, -0.15) is 9.97 Å². The van der Waals surface area contributed by atoms with E-state index in [1.165, 1.54) is 11.1 Å². The predicted molar refractivity (Wildman–Crippen MR) is 177 cm³/mol. The van der Waals surface area contributed by atoms with E-state index in [0.717, 1.165) is 25.2 Å². The average molecular weight is 646 g/mol. The summed E-state index contributed by atoms with van der Waals surface area (Å²) in [4.78, 5) is 29.9. The Bertz CT molecular complexity index is 1420. The monoisotopic (exact) mass is 645 g/mol. The molecule has 3 aromatic rings. The van der Waals surface area contributed by atoms with E-state index >= 15 is 0 Å². The minimum atomic E-state index is -0.548. The molecule has 1 amide bonds.